The van der Waals surface area contributed by atoms with E-state index in [1.807, 2.05) is 30.3 Å². The number of carbonyl (C=O) groups excluding carboxylic acids is 1. The first kappa shape index (κ1) is 22.2. The van der Waals surface area contributed by atoms with Crippen molar-refractivity contribution < 1.29 is 14.3 Å². The maximum absolute atomic E-state index is 12.7. The summed E-state index contributed by atoms with van der Waals surface area (Å²) >= 11 is 1.08. The number of thiazole rings is 1. The number of anilines is 2. The Morgan fingerprint density at radius 3 is 2.76 bits per heavy atom. The van der Waals surface area contributed by atoms with Crippen molar-refractivity contribution in [1.82, 2.24) is 4.57 Å². The van der Waals surface area contributed by atoms with Crippen LogP contribution in [-0.2, 0) is 20.8 Å². The van der Waals surface area contributed by atoms with Crippen molar-refractivity contribution in [3.05, 3.63) is 43.8 Å². The lowest BCUT2D eigenvalue weighted by Gasteiger charge is -2.07. The van der Waals surface area contributed by atoms with E-state index in [4.69, 9.17) is 9.47 Å². The standard InChI is InChI=1S/C20H24N4O4S/c1-4-24-18(25)17(29-19(24)16(12-21)20(26)28-5-2)13-23-15-8-6-7-14(11-15)22-9-10-27-3/h6-8,11,13,22-23H,4-5,9-10H2,1-3H3. The molecule has 0 radical (unpaired) electrons. The molecule has 0 unspecified atom stereocenters. The highest BCUT2D eigenvalue weighted by atomic mass is 32.1. The number of methoxy groups -OCH3 is 1. The predicted molar refractivity (Wildman–Crippen MR) is 114 cm³/mol. The Morgan fingerprint density at radius 2 is 2.10 bits per heavy atom. The number of ether oxygens (including phenoxy) is 2. The molecule has 1 aromatic carbocycles. The van der Waals surface area contributed by atoms with Gasteiger partial charge >= 0.3 is 5.97 Å². The Kier molecular flexibility index (Phi) is 8.45. The summed E-state index contributed by atoms with van der Waals surface area (Å²) < 4.78 is 12.0. The van der Waals surface area contributed by atoms with Gasteiger partial charge < -0.3 is 20.1 Å². The van der Waals surface area contributed by atoms with E-state index in [9.17, 15) is 14.9 Å². The molecule has 0 aliphatic heterocycles. The van der Waals surface area contributed by atoms with Crippen molar-refractivity contribution in [2.45, 2.75) is 20.4 Å². The molecule has 0 bridgehead atoms. The van der Waals surface area contributed by atoms with Gasteiger partial charge in [-0.1, -0.05) is 6.07 Å². The van der Waals surface area contributed by atoms with Crippen molar-refractivity contribution in [3.8, 4) is 6.07 Å². The molecule has 1 heterocycles. The maximum atomic E-state index is 12.7. The molecule has 0 spiro atoms. The lowest BCUT2D eigenvalue weighted by molar-refractivity contribution is -0.136. The molecule has 9 heteroatoms. The number of carbonyl (C=O) groups is 1. The third kappa shape index (κ3) is 5.70. The number of benzene rings is 1. The second-order valence-corrected chi connectivity index (χ2v) is 6.85. The van der Waals surface area contributed by atoms with E-state index < -0.39 is 5.97 Å². The number of hydrogen-bond acceptors (Lipinski definition) is 8. The molecule has 2 N–H and O–H groups in total. The molecule has 0 saturated carbocycles. The van der Waals surface area contributed by atoms with Crippen LogP contribution in [0.1, 0.15) is 13.8 Å². The van der Waals surface area contributed by atoms with E-state index in [-0.39, 0.29) is 17.7 Å². The minimum atomic E-state index is -0.729. The van der Waals surface area contributed by atoms with Crippen molar-refractivity contribution >= 4 is 40.5 Å². The molecule has 0 amide bonds. The van der Waals surface area contributed by atoms with Gasteiger partial charge in [0.2, 0.25) is 0 Å². The van der Waals surface area contributed by atoms with Gasteiger partial charge in [-0.15, -0.1) is 11.3 Å². The number of rotatable bonds is 9. The quantitative estimate of drug-likeness (QED) is 0.465. The van der Waals surface area contributed by atoms with Crippen LogP contribution >= 0.6 is 11.3 Å². The zero-order valence-corrected chi connectivity index (χ0v) is 17.5. The summed E-state index contributed by atoms with van der Waals surface area (Å²) in [5, 5.41) is 15.7. The summed E-state index contributed by atoms with van der Waals surface area (Å²) in [6.07, 6.45) is 1.58. The third-order valence-corrected chi connectivity index (χ3v) is 5.03. The number of hydrogen-bond donors (Lipinski definition) is 2. The van der Waals surface area contributed by atoms with Crippen LogP contribution in [0, 0.1) is 11.3 Å². The van der Waals surface area contributed by atoms with Crippen molar-refractivity contribution in [3.63, 3.8) is 0 Å². The first-order chi connectivity index (χ1) is 14.0. The van der Waals surface area contributed by atoms with Crippen LogP contribution in [0.25, 0.3) is 11.8 Å². The van der Waals surface area contributed by atoms with Gasteiger partial charge in [-0.3, -0.25) is 9.36 Å². The Bertz CT molecular complexity index is 1070. The Hall–Kier alpha value is -3.09. The summed E-state index contributed by atoms with van der Waals surface area (Å²) in [6, 6.07) is 9.46. The fraction of sp³-hybridized carbons (Fsp3) is 0.350. The second-order valence-electron chi connectivity index (χ2n) is 5.82. The van der Waals surface area contributed by atoms with E-state index in [1.54, 1.807) is 27.2 Å². The van der Waals surface area contributed by atoms with Gasteiger partial charge in [0.15, 0.2) is 5.57 Å². The summed E-state index contributed by atoms with van der Waals surface area (Å²) in [6.45, 7) is 5.21. The molecule has 0 aliphatic rings. The summed E-state index contributed by atoms with van der Waals surface area (Å²) in [5.74, 6) is -0.729. The lowest BCUT2D eigenvalue weighted by Crippen LogP contribution is -2.32. The smallest absolute Gasteiger partial charge is 0.351 e. The molecular formula is C20H24N4O4S. The van der Waals surface area contributed by atoms with Crippen LogP contribution in [0.15, 0.2) is 29.1 Å². The number of nitriles is 1. The van der Waals surface area contributed by atoms with E-state index in [0.29, 0.717) is 28.9 Å². The molecule has 0 atom stereocenters. The number of nitrogens with zero attached hydrogens (tertiary/aromatic N) is 2. The van der Waals surface area contributed by atoms with Gasteiger partial charge in [0.1, 0.15) is 15.3 Å². The highest BCUT2D eigenvalue weighted by Crippen LogP contribution is 2.14. The zero-order chi connectivity index (χ0) is 21.2. The largest absolute Gasteiger partial charge is 0.462 e. The maximum Gasteiger partial charge on any atom is 0.351 e. The lowest BCUT2D eigenvalue weighted by atomic mass is 10.3. The topological polar surface area (TPSA) is 105 Å². The fourth-order valence-electron chi connectivity index (χ4n) is 2.54. The first-order valence-electron chi connectivity index (χ1n) is 9.16. The van der Waals surface area contributed by atoms with E-state index in [0.717, 1.165) is 22.7 Å². The molecule has 154 valence electrons. The SMILES string of the molecule is CCOC(=O)C(C#N)=c1sc(=CNc2cccc(NCCOC)c2)c(=O)n1CC. The summed E-state index contributed by atoms with van der Waals surface area (Å²) in [5.41, 5.74) is 1.27. The van der Waals surface area contributed by atoms with Crippen LogP contribution in [0.3, 0.4) is 0 Å². The number of nitrogens with one attached hydrogen (secondary N) is 2. The highest BCUT2D eigenvalue weighted by molar-refractivity contribution is 7.07. The van der Waals surface area contributed by atoms with Crippen LogP contribution in [0.4, 0.5) is 11.4 Å². The van der Waals surface area contributed by atoms with Gasteiger partial charge in [-0.05, 0) is 32.0 Å². The molecule has 2 rings (SSSR count). The monoisotopic (exact) mass is 416 g/mol. The minimum Gasteiger partial charge on any atom is -0.462 e. The number of esters is 1. The summed E-state index contributed by atoms with van der Waals surface area (Å²) in [7, 11) is 1.64. The van der Waals surface area contributed by atoms with Crippen molar-refractivity contribution in [2.75, 3.05) is 37.5 Å². The van der Waals surface area contributed by atoms with Crippen molar-refractivity contribution in [1.29, 1.82) is 5.26 Å². The number of aromatic nitrogens is 1. The highest BCUT2D eigenvalue weighted by Gasteiger charge is 2.16. The molecule has 1 aromatic heterocycles. The van der Waals surface area contributed by atoms with Gasteiger partial charge in [-0.2, -0.15) is 5.26 Å². The van der Waals surface area contributed by atoms with E-state index in [1.165, 1.54) is 4.57 Å². The Labute approximate surface area is 172 Å². The van der Waals surface area contributed by atoms with Gasteiger partial charge in [-0.25, -0.2) is 4.79 Å². The van der Waals surface area contributed by atoms with E-state index >= 15 is 0 Å². The summed E-state index contributed by atoms with van der Waals surface area (Å²) in [4.78, 5) is 24.7. The predicted octanol–water partition coefficient (Wildman–Crippen LogP) is 1.08. The van der Waals surface area contributed by atoms with Gasteiger partial charge in [0.05, 0.1) is 13.2 Å². The van der Waals surface area contributed by atoms with Crippen LogP contribution in [-0.4, -0.2) is 37.4 Å². The Balaban J connectivity index is 2.39. The third-order valence-electron chi connectivity index (χ3n) is 3.90. The molecule has 0 aliphatic carbocycles. The van der Waals surface area contributed by atoms with E-state index in [2.05, 4.69) is 10.6 Å². The molecule has 0 fully saturated rings. The zero-order valence-electron chi connectivity index (χ0n) is 16.7. The average Bonchev–Trinajstić information content (AvgIpc) is 3.03. The normalized spacial score (nSPS) is 12.3. The second kappa shape index (κ2) is 11.0. The van der Waals surface area contributed by atoms with Gasteiger partial charge in [0, 0.05) is 37.8 Å². The van der Waals surface area contributed by atoms with Gasteiger partial charge in [0.25, 0.3) is 5.56 Å². The average molecular weight is 417 g/mol. The minimum absolute atomic E-state index is 0.154. The van der Waals surface area contributed by atoms with Crippen LogP contribution < -0.4 is 25.4 Å². The molecule has 29 heavy (non-hydrogen) atoms. The first-order valence-corrected chi connectivity index (χ1v) is 9.98. The molecule has 0 saturated heterocycles. The van der Waals surface area contributed by atoms with Crippen LogP contribution in [0.2, 0.25) is 0 Å². The fourth-order valence-corrected chi connectivity index (χ4v) is 3.62. The molecule has 2 aromatic rings. The molecule has 8 nitrogen and oxygen atoms in total. The Morgan fingerprint density at radius 1 is 1.34 bits per heavy atom. The van der Waals surface area contributed by atoms with Crippen LogP contribution in [0.5, 0.6) is 0 Å². The molecular weight excluding hydrogens is 392 g/mol. The van der Waals surface area contributed by atoms with Crippen molar-refractivity contribution in [2.24, 2.45) is 0 Å².